The lowest BCUT2D eigenvalue weighted by Gasteiger charge is -2.11. The zero-order valence-electron chi connectivity index (χ0n) is 8.61. The van der Waals surface area contributed by atoms with E-state index in [1.54, 1.807) is 5.32 Å². The first-order valence-corrected chi connectivity index (χ1v) is 6.07. The topological polar surface area (TPSA) is 80.9 Å². The number of nitrogens with one attached hydrogen (secondary N) is 1. The summed E-state index contributed by atoms with van der Waals surface area (Å²) >= 11 is 2.08. The van der Waals surface area contributed by atoms with Gasteiger partial charge in [0.1, 0.15) is 6.54 Å². The number of alkyl halides is 3. The van der Waals surface area contributed by atoms with Crippen molar-refractivity contribution < 1.29 is 18.0 Å². The molecule has 1 amide bonds. The molecule has 0 saturated heterocycles. The molecule has 5 nitrogen and oxygen atoms in total. The fraction of sp³-hybridized carbons (Fsp3) is 0.571. The van der Waals surface area contributed by atoms with Gasteiger partial charge in [0, 0.05) is 0 Å². The Morgan fingerprint density at radius 3 is 2.71 bits per heavy atom. The van der Waals surface area contributed by atoms with E-state index in [0.717, 1.165) is 23.1 Å². The number of nitrogen functional groups attached to an aromatic ring is 1. The van der Waals surface area contributed by atoms with Gasteiger partial charge in [-0.25, -0.2) is 0 Å². The predicted octanol–water partition coefficient (Wildman–Crippen LogP) is 1.28. The minimum Gasteiger partial charge on any atom is -0.374 e. The van der Waals surface area contributed by atoms with Crippen molar-refractivity contribution in [3.63, 3.8) is 0 Å². The van der Waals surface area contributed by atoms with E-state index in [-0.39, 0.29) is 5.13 Å². The molecule has 1 unspecified atom stereocenters. The molecule has 0 spiro atoms. The number of hydrogen-bond donors (Lipinski definition) is 2. The van der Waals surface area contributed by atoms with Gasteiger partial charge in [-0.1, -0.05) is 23.1 Å². The number of halogens is 3. The molecule has 17 heavy (non-hydrogen) atoms. The van der Waals surface area contributed by atoms with Gasteiger partial charge in [0.05, 0.1) is 5.25 Å². The summed E-state index contributed by atoms with van der Waals surface area (Å²) in [6, 6.07) is 0. The summed E-state index contributed by atoms with van der Waals surface area (Å²) < 4.78 is 36.0. The molecule has 10 heteroatoms. The van der Waals surface area contributed by atoms with Gasteiger partial charge in [-0.15, -0.1) is 10.2 Å². The van der Waals surface area contributed by atoms with Crippen LogP contribution in [0.15, 0.2) is 4.34 Å². The molecule has 1 aromatic rings. The Bertz CT molecular complexity index is 395. The zero-order valence-corrected chi connectivity index (χ0v) is 10.2. The molecule has 0 saturated carbocycles. The molecule has 96 valence electrons. The van der Waals surface area contributed by atoms with Crippen LogP contribution in [0, 0.1) is 0 Å². The quantitative estimate of drug-likeness (QED) is 0.815. The van der Waals surface area contributed by atoms with Gasteiger partial charge in [0.25, 0.3) is 0 Å². The molecule has 0 aliphatic rings. The Morgan fingerprint density at radius 1 is 1.59 bits per heavy atom. The second-order valence-electron chi connectivity index (χ2n) is 3.00. The van der Waals surface area contributed by atoms with Gasteiger partial charge in [0.2, 0.25) is 11.0 Å². The second kappa shape index (κ2) is 5.54. The lowest BCUT2D eigenvalue weighted by atomic mass is 10.4. The Labute approximate surface area is 103 Å². The standard InChI is InChI=1S/C7H9F3N4OS2/c1-3(4(15)12-2-7(8,9)10)16-6-14-13-5(11)17-6/h3H,2H2,1H3,(H2,11,13)(H,12,15). The summed E-state index contributed by atoms with van der Waals surface area (Å²) in [7, 11) is 0. The molecule has 3 N–H and O–H groups in total. The van der Waals surface area contributed by atoms with Crippen molar-refractivity contribution in [3.05, 3.63) is 0 Å². The minimum absolute atomic E-state index is 0.246. The molecule has 0 aliphatic carbocycles. The summed E-state index contributed by atoms with van der Waals surface area (Å²) in [6.07, 6.45) is -4.41. The van der Waals surface area contributed by atoms with Gasteiger partial charge < -0.3 is 11.1 Å². The molecule has 0 radical (unpaired) electrons. The molecule has 1 heterocycles. The summed E-state index contributed by atoms with van der Waals surface area (Å²) in [6.45, 7) is 0.142. The Balaban J connectivity index is 2.42. The molecule has 1 aromatic heterocycles. The summed E-state index contributed by atoms with van der Waals surface area (Å²) in [5, 5.41) is 8.52. The first kappa shape index (κ1) is 14.0. The fourth-order valence-electron chi connectivity index (χ4n) is 0.804. The number of rotatable bonds is 4. The normalized spacial score (nSPS) is 13.4. The molecule has 0 bridgehead atoms. The van der Waals surface area contributed by atoms with Crippen molar-refractivity contribution in [3.8, 4) is 0 Å². The third-order valence-corrected chi connectivity index (χ3v) is 3.47. The Kier molecular flexibility index (Phi) is 4.57. The number of anilines is 1. The van der Waals surface area contributed by atoms with Gasteiger partial charge in [-0.05, 0) is 6.92 Å². The van der Waals surface area contributed by atoms with E-state index in [0.29, 0.717) is 4.34 Å². The van der Waals surface area contributed by atoms with Crippen LogP contribution in [0.3, 0.4) is 0 Å². The molecule has 1 rings (SSSR count). The maximum absolute atomic E-state index is 11.9. The van der Waals surface area contributed by atoms with E-state index in [1.807, 2.05) is 0 Å². The maximum Gasteiger partial charge on any atom is 0.405 e. The minimum atomic E-state index is -4.41. The van der Waals surface area contributed by atoms with Crippen LogP contribution in [0.5, 0.6) is 0 Å². The van der Waals surface area contributed by atoms with Crippen LogP contribution in [0.25, 0.3) is 0 Å². The van der Waals surface area contributed by atoms with Crippen molar-refractivity contribution >= 4 is 34.1 Å². The van der Waals surface area contributed by atoms with E-state index in [4.69, 9.17) is 5.73 Å². The van der Waals surface area contributed by atoms with Crippen LogP contribution in [0.4, 0.5) is 18.3 Å². The number of hydrogen-bond acceptors (Lipinski definition) is 6. The third-order valence-electron chi connectivity index (χ3n) is 1.53. The third kappa shape index (κ3) is 5.22. The maximum atomic E-state index is 11.9. The highest BCUT2D eigenvalue weighted by molar-refractivity contribution is 8.02. The van der Waals surface area contributed by atoms with Gasteiger partial charge >= 0.3 is 6.18 Å². The van der Waals surface area contributed by atoms with Crippen LogP contribution < -0.4 is 11.1 Å². The van der Waals surface area contributed by atoms with Crippen molar-refractivity contribution in [2.24, 2.45) is 0 Å². The van der Waals surface area contributed by atoms with Crippen LogP contribution in [-0.4, -0.2) is 34.1 Å². The van der Waals surface area contributed by atoms with Crippen LogP contribution in [0.2, 0.25) is 0 Å². The Hall–Kier alpha value is -1.03. The summed E-state index contributed by atoms with van der Waals surface area (Å²) in [4.78, 5) is 11.3. The van der Waals surface area contributed by atoms with E-state index in [1.165, 1.54) is 6.92 Å². The van der Waals surface area contributed by atoms with Crippen molar-refractivity contribution in [1.82, 2.24) is 15.5 Å². The van der Waals surface area contributed by atoms with E-state index in [2.05, 4.69) is 10.2 Å². The molecule has 1 atom stereocenters. The summed E-state index contributed by atoms with van der Waals surface area (Å²) in [5.41, 5.74) is 5.33. The van der Waals surface area contributed by atoms with Crippen LogP contribution in [-0.2, 0) is 4.79 Å². The largest absolute Gasteiger partial charge is 0.405 e. The van der Waals surface area contributed by atoms with Gasteiger partial charge in [-0.2, -0.15) is 13.2 Å². The molecule has 0 aromatic carbocycles. The second-order valence-corrected chi connectivity index (χ2v) is 5.60. The zero-order chi connectivity index (χ0) is 13.1. The Morgan fingerprint density at radius 2 is 2.24 bits per heavy atom. The highest BCUT2D eigenvalue weighted by atomic mass is 32.2. The molecule has 0 aliphatic heterocycles. The lowest BCUT2D eigenvalue weighted by Crippen LogP contribution is -2.37. The van der Waals surface area contributed by atoms with E-state index < -0.39 is 23.9 Å². The fourth-order valence-corrected chi connectivity index (χ4v) is 2.61. The molecular formula is C7H9F3N4OS2. The number of nitrogens with two attached hydrogens (primary N) is 1. The predicted molar refractivity (Wildman–Crippen MR) is 58.7 cm³/mol. The number of aromatic nitrogens is 2. The van der Waals surface area contributed by atoms with Crippen molar-refractivity contribution in [2.75, 3.05) is 12.3 Å². The highest BCUT2D eigenvalue weighted by Crippen LogP contribution is 2.27. The summed E-state index contributed by atoms with van der Waals surface area (Å²) in [5.74, 6) is -0.707. The number of carbonyl (C=O) groups excluding carboxylic acids is 1. The lowest BCUT2D eigenvalue weighted by molar-refractivity contribution is -0.137. The van der Waals surface area contributed by atoms with Crippen LogP contribution >= 0.6 is 23.1 Å². The van der Waals surface area contributed by atoms with E-state index >= 15 is 0 Å². The average molecular weight is 286 g/mol. The van der Waals surface area contributed by atoms with Crippen LogP contribution in [0.1, 0.15) is 6.92 Å². The number of nitrogens with zero attached hydrogens (tertiary/aromatic N) is 2. The van der Waals surface area contributed by atoms with Crippen molar-refractivity contribution in [2.45, 2.75) is 22.7 Å². The van der Waals surface area contributed by atoms with E-state index in [9.17, 15) is 18.0 Å². The monoisotopic (exact) mass is 286 g/mol. The number of carbonyl (C=O) groups is 1. The van der Waals surface area contributed by atoms with Gasteiger partial charge in [-0.3, -0.25) is 4.79 Å². The van der Waals surface area contributed by atoms with Crippen molar-refractivity contribution in [1.29, 1.82) is 0 Å². The number of thioether (sulfide) groups is 1. The average Bonchev–Trinajstić information content (AvgIpc) is 2.59. The van der Waals surface area contributed by atoms with Gasteiger partial charge in [0.15, 0.2) is 4.34 Å². The number of amides is 1. The molecule has 0 fully saturated rings. The SMILES string of the molecule is CC(Sc1nnc(N)s1)C(=O)NCC(F)(F)F. The first-order valence-electron chi connectivity index (χ1n) is 4.38. The smallest absolute Gasteiger partial charge is 0.374 e. The highest BCUT2D eigenvalue weighted by Gasteiger charge is 2.29. The molecular weight excluding hydrogens is 277 g/mol. The first-order chi connectivity index (χ1) is 7.78.